The zero-order valence-corrected chi connectivity index (χ0v) is 17.8. The molecule has 0 unspecified atom stereocenters. The topological polar surface area (TPSA) is 72.9 Å². The third kappa shape index (κ3) is 2.83. The van der Waals surface area contributed by atoms with Crippen molar-refractivity contribution in [3.63, 3.8) is 0 Å². The van der Waals surface area contributed by atoms with Gasteiger partial charge >= 0.3 is 5.97 Å². The van der Waals surface area contributed by atoms with E-state index < -0.39 is 29.1 Å². The van der Waals surface area contributed by atoms with Crippen LogP contribution < -0.4 is 14.4 Å². The number of carbonyl (C=O) groups excluding carboxylic acids is 3. The van der Waals surface area contributed by atoms with Gasteiger partial charge in [0.05, 0.1) is 18.7 Å². The van der Waals surface area contributed by atoms with Gasteiger partial charge in [-0.25, -0.2) is 0 Å². The van der Waals surface area contributed by atoms with Crippen molar-refractivity contribution in [2.75, 3.05) is 12.0 Å². The fraction of sp³-hybridized carbons (Fsp3) is 0.160. The highest BCUT2D eigenvalue weighted by molar-refractivity contribution is 6.31. The number of anilines is 1. The molecule has 3 aromatic rings. The number of halogens is 1. The molecule has 2 amide bonds. The van der Waals surface area contributed by atoms with Gasteiger partial charge in [0.1, 0.15) is 16.9 Å². The van der Waals surface area contributed by atoms with Crippen molar-refractivity contribution in [1.82, 2.24) is 0 Å². The predicted molar refractivity (Wildman–Crippen MR) is 118 cm³/mol. The van der Waals surface area contributed by atoms with Crippen molar-refractivity contribution in [1.29, 1.82) is 0 Å². The molecule has 2 aliphatic heterocycles. The molecule has 0 N–H and O–H groups in total. The maximum Gasteiger partial charge on any atom is 0.327 e. The monoisotopic (exact) mass is 447 g/mol. The lowest BCUT2D eigenvalue weighted by Gasteiger charge is -2.31. The molecule has 0 bridgehead atoms. The summed E-state index contributed by atoms with van der Waals surface area (Å²) in [7, 11) is 1.52. The van der Waals surface area contributed by atoms with Gasteiger partial charge in [-0.05, 0) is 42.0 Å². The first-order chi connectivity index (χ1) is 15.5. The first-order valence-electron chi connectivity index (χ1n) is 10.1. The lowest BCUT2D eigenvalue weighted by atomic mass is 9.65. The highest BCUT2D eigenvalue weighted by atomic mass is 35.5. The molecule has 0 radical (unpaired) electrons. The summed E-state index contributed by atoms with van der Waals surface area (Å²) in [5, 5.41) is 0.402. The number of rotatable bonds is 4. The quantitative estimate of drug-likeness (QED) is 0.341. The number of carbonyl (C=O) groups is 3. The van der Waals surface area contributed by atoms with Crippen LogP contribution in [0.2, 0.25) is 5.02 Å². The molecule has 2 heterocycles. The molecule has 0 saturated carbocycles. The SMILES string of the molecule is COc1ccc2c(c1)[C@@](c1ccccc1)([C@@H]1CC(=O)N(c3cccc(Cl)c3)C1=O)C(=O)O2. The molecule has 2 atom stereocenters. The largest absolute Gasteiger partial charge is 0.497 e. The molecule has 7 heteroatoms. The molecule has 5 rings (SSSR count). The maximum absolute atomic E-state index is 13.7. The van der Waals surface area contributed by atoms with Gasteiger partial charge in [-0.1, -0.05) is 48.0 Å². The van der Waals surface area contributed by atoms with Crippen LogP contribution in [0, 0.1) is 5.92 Å². The summed E-state index contributed by atoms with van der Waals surface area (Å²) in [5.74, 6) is -1.59. The summed E-state index contributed by atoms with van der Waals surface area (Å²) < 4.78 is 11.0. The Hall–Kier alpha value is -3.64. The summed E-state index contributed by atoms with van der Waals surface area (Å²) in [5.41, 5.74) is -0.0238. The minimum Gasteiger partial charge on any atom is -0.497 e. The van der Waals surface area contributed by atoms with E-state index in [0.29, 0.717) is 33.3 Å². The van der Waals surface area contributed by atoms with Gasteiger partial charge in [0.2, 0.25) is 11.8 Å². The van der Waals surface area contributed by atoms with Crippen LogP contribution in [0.15, 0.2) is 72.8 Å². The van der Waals surface area contributed by atoms with Gasteiger partial charge in [-0.2, -0.15) is 0 Å². The molecule has 2 aliphatic rings. The second-order valence-corrected chi connectivity index (χ2v) is 8.17. The van der Waals surface area contributed by atoms with Gasteiger partial charge in [0.15, 0.2) is 0 Å². The molecule has 32 heavy (non-hydrogen) atoms. The minimum absolute atomic E-state index is 0.147. The number of nitrogens with zero attached hydrogens (tertiary/aromatic N) is 1. The van der Waals surface area contributed by atoms with E-state index in [2.05, 4.69) is 0 Å². The number of hydrogen-bond acceptors (Lipinski definition) is 5. The number of benzene rings is 3. The van der Waals surface area contributed by atoms with Gasteiger partial charge in [0.25, 0.3) is 0 Å². The van der Waals surface area contributed by atoms with Crippen molar-refractivity contribution in [3.8, 4) is 11.5 Å². The second kappa shape index (κ2) is 7.50. The Kier molecular flexibility index (Phi) is 4.75. The Morgan fingerprint density at radius 1 is 1.00 bits per heavy atom. The Bertz CT molecular complexity index is 1260. The number of amides is 2. The minimum atomic E-state index is -1.48. The number of esters is 1. The van der Waals surface area contributed by atoms with E-state index >= 15 is 0 Å². The Morgan fingerprint density at radius 3 is 2.50 bits per heavy atom. The molecule has 6 nitrogen and oxygen atoms in total. The first-order valence-corrected chi connectivity index (χ1v) is 10.4. The molecule has 0 spiro atoms. The molecule has 1 saturated heterocycles. The van der Waals surface area contributed by atoms with Crippen molar-refractivity contribution < 1.29 is 23.9 Å². The summed E-state index contributed by atoms with van der Waals surface area (Å²) in [6, 6.07) is 20.5. The molecule has 0 aromatic heterocycles. The second-order valence-electron chi connectivity index (χ2n) is 7.73. The number of imide groups is 1. The van der Waals surface area contributed by atoms with Gasteiger partial charge in [-0.3, -0.25) is 19.3 Å². The van der Waals surface area contributed by atoms with Gasteiger partial charge < -0.3 is 9.47 Å². The molecule has 1 fully saturated rings. The Balaban J connectivity index is 1.72. The van der Waals surface area contributed by atoms with Crippen molar-refractivity contribution >= 4 is 35.1 Å². The molecular formula is C25H18ClNO5. The highest BCUT2D eigenvalue weighted by Crippen LogP contribution is 2.53. The van der Waals surface area contributed by atoms with Crippen LogP contribution in [0.1, 0.15) is 17.5 Å². The average Bonchev–Trinajstić information content (AvgIpc) is 3.26. The molecule has 0 aliphatic carbocycles. The number of ether oxygens (including phenoxy) is 2. The number of hydrogen-bond donors (Lipinski definition) is 0. The summed E-state index contributed by atoms with van der Waals surface area (Å²) in [6.45, 7) is 0. The van der Waals surface area contributed by atoms with E-state index in [1.807, 2.05) is 6.07 Å². The van der Waals surface area contributed by atoms with Crippen LogP contribution in [0.3, 0.4) is 0 Å². The van der Waals surface area contributed by atoms with Crippen LogP contribution in [0.25, 0.3) is 0 Å². The smallest absolute Gasteiger partial charge is 0.327 e. The van der Waals surface area contributed by atoms with E-state index in [-0.39, 0.29) is 6.42 Å². The molecule has 160 valence electrons. The molecular weight excluding hydrogens is 430 g/mol. The highest BCUT2D eigenvalue weighted by Gasteiger charge is 2.62. The van der Waals surface area contributed by atoms with Crippen LogP contribution in [0.5, 0.6) is 11.5 Å². The normalized spacial score (nSPS) is 22.1. The third-order valence-electron chi connectivity index (χ3n) is 6.10. The zero-order valence-electron chi connectivity index (χ0n) is 17.1. The molecule has 3 aromatic carbocycles. The maximum atomic E-state index is 13.7. The van der Waals surface area contributed by atoms with Crippen LogP contribution in [0.4, 0.5) is 5.69 Å². The van der Waals surface area contributed by atoms with Crippen molar-refractivity contribution in [2.45, 2.75) is 11.8 Å². The van der Waals surface area contributed by atoms with Gasteiger partial charge in [0, 0.05) is 17.0 Å². The first kappa shape index (κ1) is 20.3. The van der Waals surface area contributed by atoms with Gasteiger partial charge in [-0.15, -0.1) is 0 Å². The fourth-order valence-corrected chi connectivity index (χ4v) is 4.87. The van der Waals surface area contributed by atoms with Crippen molar-refractivity contribution in [2.24, 2.45) is 5.92 Å². The average molecular weight is 448 g/mol. The summed E-state index contributed by atoms with van der Waals surface area (Å²) in [4.78, 5) is 41.4. The number of methoxy groups -OCH3 is 1. The Morgan fingerprint density at radius 2 is 1.78 bits per heavy atom. The van der Waals surface area contributed by atoms with E-state index in [1.54, 1.807) is 66.7 Å². The zero-order chi connectivity index (χ0) is 22.5. The van der Waals surface area contributed by atoms with Crippen LogP contribution >= 0.6 is 11.6 Å². The van der Waals surface area contributed by atoms with E-state index in [0.717, 1.165) is 4.90 Å². The van der Waals surface area contributed by atoms with Crippen LogP contribution in [-0.2, 0) is 19.8 Å². The summed E-state index contributed by atoms with van der Waals surface area (Å²) >= 11 is 6.09. The number of fused-ring (bicyclic) bond motifs is 1. The fourth-order valence-electron chi connectivity index (χ4n) is 4.69. The predicted octanol–water partition coefficient (Wildman–Crippen LogP) is 4.13. The van der Waals surface area contributed by atoms with Crippen LogP contribution in [-0.4, -0.2) is 24.9 Å². The van der Waals surface area contributed by atoms with E-state index in [4.69, 9.17) is 21.1 Å². The van der Waals surface area contributed by atoms with E-state index in [9.17, 15) is 14.4 Å². The Labute approximate surface area is 189 Å². The summed E-state index contributed by atoms with van der Waals surface area (Å²) in [6.07, 6.45) is -0.147. The lowest BCUT2D eigenvalue weighted by molar-refractivity contribution is -0.141. The van der Waals surface area contributed by atoms with E-state index in [1.165, 1.54) is 7.11 Å². The van der Waals surface area contributed by atoms with Crippen molar-refractivity contribution in [3.05, 3.63) is 88.9 Å². The lowest BCUT2D eigenvalue weighted by Crippen LogP contribution is -2.46. The standard InChI is InChI=1S/C25H18ClNO5/c1-31-18-10-11-21-19(13-18)25(24(30)32-21,15-6-3-2-4-7-15)20-14-22(28)27(23(20)29)17-9-5-8-16(26)12-17/h2-13,20H,14H2,1H3/t20-,25+/m1/s1. The third-order valence-corrected chi connectivity index (χ3v) is 6.34.